The molecule has 132 valence electrons. The molecule has 0 aliphatic rings. The summed E-state index contributed by atoms with van der Waals surface area (Å²) in [5.41, 5.74) is 1.88. The van der Waals surface area contributed by atoms with Crippen LogP contribution < -0.4 is 5.32 Å². The maximum atomic E-state index is 12.0. The molecule has 0 saturated heterocycles. The predicted molar refractivity (Wildman–Crippen MR) is 101 cm³/mol. The third-order valence-corrected chi connectivity index (χ3v) is 3.82. The number of anilines is 1. The second kappa shape index (κ2) is 9.04. The summed E-state index contributed by atoms with van der Waals surface area (Å²) in [6.45, 7) is 1.38. The second-order valence-electron chi connectivity index (χ2n) is 5.33. The molecule has 0 aliphatic carbocycles. The van der Waals surface area contributed by atoms with Gasteiger partial charge in [0.15, 0.2) is 6.61 Å². The van der Waals surface area contributed by atoms with Crippen molar-refractivity contribution in [3.05, 3.63) is 69.2 Å². The number of esters is 1. The van der Waals surface area contributed by atoms with Gasteiger partial charge in [-0.2, -0.15) is 5.26 Å². The van der Waals surface area contributed by atoms with Crippen molar-refractivity contribution < 1.29 is 14.3 Å². The molecule has 0 radical (unpaired) electrons. The fourth-order valence-corrected chi connectivity index (χ4v) is 2.41. The molecule has 0 aliphatic heterocycles. The van der Waals surface area contributed by atoms with Gasteiger partial charge in [0.2, 0.25) is 0 Å². The number of hydrogen-bond donors (Lipinski definition) is 1. The summed E-state index contributed by atoms with van der Waals surface area (Å²) in [4.78, 5) is 23.9. The summed E-state index contributed by atoms with van der Waals surface area (Å²) in [7, 11) is 0. The van der Waals surface area contributed by atoms with Crippen LogP contribution in [0.4, 0.5) is 5.69 Å². The number of hydrogen-bond acceptors (Lipinski definition) is 4. The van der Waals surface area contributed by atoms with E-state index in [-0.39, 0.29) is 10.6 Å². The lowest BCUT2D eigenvalue weighted by molar-refractivity contribution is -0.142. The molecular weight excluding hydrogens is 375 g/mol. The largest absolute Gasteiger partial charge is 0.451 e. The van der Waals surface area contributed by atoms with Gasteiger partial charge in [-0.1, -0.05) is 53.0 Å². The van der Waals surface area contributed by atoms with Crippen molar-refractivity contribution in [1.82, 2.24) is 0 Å². The molecule has 0 atom stereocenters. The minimum Gasteiger partial charge on any atom is -0.451 e. The van der Waals surface area contributed by atoms with Gasteiger partial charge in [-0.3, -0.25) is 4.79 Å². The summed E-state index contributed by atoms with van der Waals surface area (Å²) in [6, 6.07) is 13.6. The minimum absolute atomic E-state index is 0.203. The van der Waals surface area contributed by atoms with Crippen molar-refractivity contribution in [2.75, 3.05) is 11.9 Å². The van der Waals surface area contributed by atoms with Crippen LogP contribution in [-0.4, -0.2) is 18.5 Å². The van der Waals surface area contributed by atoms with E-state index in [9.17, 15) is 9.59 Å². The van der Waals surface area contributed by atoms with Gasteiger partial charge < -0.3 is 10.1 Å². The van der Waals surface area contributed by atoms with E-state index in [2.05, 4.69) is 5.32 Å². The smallest absolute Gasteiger partial charge is 0.349 e. The molecule has 2 aromatic rings. The van der Waals surface area contributed by atoms with E-state index in [0.29, 0.717) is 16.3 Å². The summed E-state index contributed by atoms with van der Waals surface area (Å²) in [5, 5.41) is 12.3. The quantitative estimate of drug-likeness (QED) is 0.467. The fraction of sp³-hybridized carbons (Fsp3) is 0.105. The third-order valence-electron chi connectivity index (χ3n) is 3.27. The Hall–Kier alpha value is -2.81. The number of nitrogens with zero attached hydrogens (tertiary/aromatic N) is 1. The van der Waals surface area contributed by atoms with Crippen molar-refractivity contribution in [2.45, 2.75) is 6.92 Å². The molecule has 5 nitrogen and oxygen atoms in total. The van der Waals surface area contributed by atoms with E-state index < -0.39 is 18.5 Å². The molecule has 0 fully saturated rings. The van der Waals surface area contributed by atoms with Gasteiger partial charge in [0, 0.05) is 5.02 Å². The van der Waals surface area contributed by atoms with Crippen molar-refractivity contribution in [2.24, 2.45) is 0 Å². The maximum Gasteiger partial charge on any atom is 0.349 e. The number of nitriles is 1. The fourth-order valence-electron chi connectivity index (χ4n) is 1.95. The van der Waals surface area contributed by atoms with Crippen molar-refractivity contribution >= 4 is 46.8 Å². The Morgan fingerprint density at radius 1 is 1.19 bits per heavy atom. The van der Waals surface area contributed by atoms with Gasteiger partial charge in [-0.05, 0) is 36.8 Å². The van der Waals surface area contributed by atoms with Crippen LogP contribution in [0.3, 0.4) is 0 Å². The molecule has 1 N–H and O–H groups in total. The van der Waals surface area contributed by atoms with Crippen LogP contribution in [0.2, 0.25) is 10.0 Å². The molecule has 0 unspecified atom stereocenters. The first kappa shape index (κ1) is 19.5. The van der Waals surface area contributed by atoms with Gasteiger partial charge in [0.1, 0.15) is 11.6 Å². The highest BCUT2D eigenvalue weighted by atomic mass is 35.5. The second-order valence-corrected chi connectivity index (χ2v) is 6.17. The van der Waals surface area contributed by atoms with Crippen molar-refractivity contribution in [3.8, 4) is 6.07 Å². The predicted octanol–water partition coefficient (Wildman–Crippen LogP) is 4.39. The zero-order chi connectivity index (χ0) is 19.1. The van der Waals surface area contributed by atoms with Crippen molar-refractivity contribution in [1.29, 1.82) is 5.26 Å². The highest BCUT2D eigenvalue weighted by molar-refractivity contribution is 6.36. The number of halogens is 2. The number of amides is 1. The van der Waals surface area contributed by atoms with Crippen LogP contribution >= 0.6 is 23.2 Å². The summed E-state index contributed by atoms with van der Waals surface area (Å²) in [6.07, 6.45) is 1.40. The molecule has 2 aromatic carbocycles. The summed E-state index contributed by atoms with van der Waals surface area (Å²) in [5.74, 6) is -1.47. The number of benzene rings is 2. The van der Waals surface area contributed by atoms with Gasteiger partial charge in [0.25, 0.3) is 5.91 Å². The van der Waals surface area contributed by atoms with Crippen LogP contribution in [-0.2, 0) is 14.3 Å². The van der Waals surface area contributed by atoms with Crippen molar-refractivity contribution in [3.63, 3.8) is 0 Å². The molecule has 26 heavy (non-hydrogen) atoms. The van der Waals surface area contributed by atoms with Gasteiger partial charge in [-0.15, -0.1) is 0 Å². The first-order valence-corrected chi connectivity index (χ1v) is 8.25. The molecule has 0 spiro atoms. The monoisotopic (exact) mass is 388 g/mol. The lowest BCUT2D eigenvalue weighted by Crippen LogP contribution is -2.21. The molecule has 0 saturated carbocycles. The number of nitrogens with one attached hydrogen (secondary N) is 1. The number of ether oxygens (including phenoxy) is 1. The van der Waals surface area contributed by atoms with Crippen LogP contribution in [0.1, 0.15) is 11.1 Å². The van der Waals surface area contributed by atoms with E-state index in [1.54, 1.807) is 24.3 Å². The molecular formula is C19H14Cl2N2O3. The standard InChI is InChI=1S/C19H14Cl2N2O3/c1-12-2-4-13(5-3-12)8-14(10-22)19(25)26-11-18(24)23-17-7-6-15(20)9-16(17)21/h2-9H,11H2,1H3,(H,23,24)/b14-8+. The SMILES string of the molecule is Cc1ccc(/C=C(\C#N)C(=O)OCC(=O)Nc2ccc(Cl)cc2Cl)cc1. The molecule has 7 heteroatoms. The zero-order valence-electron chi connectivity index (χ0n) is 13.8. The minimum atomic E-state index is -0.884. The Balaban J connectivity index is 1.96. The number of rotatable bonds is 5. The van der Waals surface area contributed by atoms with Crippen LogP contribution in [0.5, 0.6) is 0 Å². The molecule has 0 aromatic heterocycles. The highest BCUT2D eigenvalue weighted by Gasteiger charge is 2.14. The third kappa shape index (κ3) is 5.62. The Kier molecular flexibility index (Phi) is 6.79. The Morgan fingerprint density at radius 3 is 2.50 bits per heavy atom. The number of carbonyl (C=O) groups excluding carboxylic acids is 2. The average Bonchev–Trinajstić information content (AvgIpc) is 2.61. The first-order chi connectivity index (χ1) is 12.4. The Bertz CT molecular complexity index is 900. The van der Waals surface area contributed by atoms with E-state index >= 15 is 0 Å². The maximum absolute atomic E-state index is 12.0. The van der Waals surface area contributed by atoms with E-state index in [4.69, 9.17) is 33.2 Å². The molecule has 0 bridgehead atoms. The number of aryl methyl sites for hydroxylation is 1. The summed E-state index contributed by atoms with van der Waals surface area (Å²) >= 11 is 11.7. The van der Waals surface area contributed by atoms with Crippen LogP contribution in [0, 0.1) is 18.3 Å². The van der Waals surface area contributed by atoms with E-state index in [0.717, 1.165) is 5.56 Å². The molecule has 1 amide bonds. The lowest BCUT2D eigenvalue weighted by Gasteiger charge is -2.08. The van der Waals surface area contributed by atoms with Gasteiger partial charge in [-0.25, -0.2) is 4.79 Å². The first-order valence-electron chi connectivity index (χ1n) is 7.49. The van der Waals surface area contributed by atoms with E-state index in [1.165, 1.54) is 18.2 Å². The van der Waals surface area contributed by atoms with E-state index in [1.807, 2.05) is 19.1 Å². The van der Waals surface area contributed by atoms with Crippen LogP contribution in [0.15, 0.2) is 48.0 Å². The van der Waals surface area contributed by atoms with Gasteiger partial charge in [0.05, 0.1) is 10.7 Å². The summed E-state index contributed by atoms with van der Waals surface area (Å²) < 4.78 is 4.88. The Morgan fingerprint density at radius 2 is 1.88 bits per heavy atom. The molecule has 2 rings (SSSR count). The number of carbonyl (C=O) groups is 2. The van der Waals surface area contributed by atoms with Crippen LogP contribution in [0.25, 0.3) is 6.08 Å². The highest BCUT2D eigenvalue weighted by Crippen LogP contribution is 2.25. The average molecular weight is 389 g/mol. The molecule has 0 heterocycles. The Labute approximate surface area is 160 Å². The topological polar surface area (TPSA) is 79.2 Å². The normalized spacial score (nSPS) is 10.8. The zero-order valence-corrected chi connectivity index (χ0v) is 15.3. The lowest BCUT2D eigenvalue weighted by atomic mass is 10.1. The van der Waals surface area contributed by atoms with Gasteiger partial charge >= 0.3 is 5.97 Å².